The minimum atomic E-state index is -0.346. The summed E-state index contributed by atoms with van der Waals surface area (Å²) in [5, 5.41) is 13.9. The fourth-order valence-electron chi connectivity index (χ4n) is 4.37. The molecule has 0 fully saturated rings. The zero-order valence-corrected chi connectivity index (χ0v) is 22.2. The number of benzene rings is 3. The van der Waals surface area contributed by atoms with Gasteiger partial charge in [0.05, 0.1) is 21.0 Å². The third kappa shape index (κ3) is 4.45. The van der Waals surface area contributed by atoms with E-state index in [1.807, 2.05) is 67.1 Å². The second kappa shape index (κ2) is 9.57. The molecule has 1 amide bonds. The average Bonchev–Trinajstić information content (AvgIpc) is 3.46. The topological polar surface area (TPSA) is 85.6 Å². The van der Waals surface area contributed by atoms with Crippen LogP contribution < -0.4 is 5.32 Å². The van der Waals surface area contributed by atoms with Crippen LogP contribution in [0.15, 0.2) is 71.9 Å². The molecule has 3 aromatic carbocycles. The summed E-state index contributed by atoms with van der Waals surface area (Å²) in [7, 11) is 1.97. The maximum atomic E-state index is 13.1. The van der Waals surface area contributed by atoms with Crippen molar-refractivity contribution in [2.75, 3.05) is 5.32 Å². The van der Waals surface area contributed by atoms with Gasteiger partial charge < -0.3 is 9.88 Å². The number of aromatic nitrogens is 5. The van der Waals surface area contributed by atoms with Crippen LogP contribution in [0.2, 0.25) is 0 Å². The number of para-hydroxylation sites is 1. The number of fused-ring (bicyclic) bond motifs is 4. The molecule has 0 radical (unpaired) electrons. The van der Waals surface area contributed by atoms with Crippen molar-refractivity contribution < 1.29 is 4.79 Å². The third-order valence-electron chi connectivity index (χ3n) is 6.34. The lowest BCUT2D eigenvalue weighted by atomic mass is 10.2. The number of rotatable bonds is 6. The van der Waals surface area contributed by atoms with Crippen LogP contribution in [-0.2, 0) is 11.8 Å². The normalized spacial score (nSPS) is 12.4. The third-order valence-corrected chi connectivity index (χ3v) is 8.62. The Morgan fingerprint density at radius 1 is 1.05 bits per heavy atom. The van der Waals surface area contributed by atoms with Gasteiger partial charge >= 0.3 is 0 Å². The van der Waals surface area contributed by atoms with Gasteiger partial charge in [-0.05, 0) is 61.4 Å². The summed E-state index contributed by atoms with van der Waals surface area (Å²) in [6.07, 6.45) is 0.635. The quantitative estimate of drug-likeness (QED) is 0.247. The highest BCUT2D eigenvalue weighted by Gasteiger charge is 2.21. The van der Waals surface area contributed by atoms with Crippen LogP contribution in [0.4, 0.5) is 5.69 Å². The number of anilines is 1. The van der Waals surface area contributed by atoms with Crippen molar-refractivity contribution in [3.05, 3.63) is 72.3 Å². The van der Waals surface area contributed by atoms with E-state index in [-0.39, 0.29) is 11.2 Å². The van der Waals surface area contributed by atoms with Crippen LogP contribution in [0.3, 0.4) is 0 Å². The van der Waals surface area contributed by atoms with Gasteiger partial charge in [-0.2, -0.15) is 0 Å². The van der Waals surface area contributed by atoms with Gasteiger partial charge in [0.25, 0.3) is 0 Å². The molecule has 0 aliphatic rings. The van der Waals surface area contributed by atoms with Crippen LogP contribution in [0.25, 0.3) is 42.9 Å². The SMILES string of the molecule is CCC(Sc1nnc2c3ccccc3n(C)c2n1)C(=O)Nc1ccc(-c2nc3ccc(C)cc3s2)cc1. The number of thioether (sulfide) groups is 1. The number of aryl methyl sites for hydroxylation is 2. The molecule has 3 heterocycles. The maximum absolute atomic E-state index is 13.1. The molecule has 0 saturated heterocycles. The van der Waals surface area contributed by atoms with E-state index in [9.17, 15) is 4.79 Å². The van der Waals surface area contributed by atoms with Crippen LogP contribution in [0.5, 0.6) is 0 Å². The van der Waals surface area contributed by atoms with Crippen molar-refractivity contribution in [1.82, 2.24) is 24.7 Å². The van der Waals surface area contributed by atoms with Crippen molar-refractivity contribution >= 4 is 67.0 Å². The monoisotopic (exact) mass is 524 g/mol. The Hall–Kier alpha value is -3.82. The van der Waals surface area contributed by atoms with Gasteiger partial charge in [-0.1, -0.05) is 43.0 Å². The first-order valence-corrected chi connectivity index (χ1v) is 13.7. The lowest BCUT2D eigenvalue weighted by molar-refractivity contribution is -0.115. The molecule has 0 aliphatic heterocycles. The number of hydrogen-bond donors (Lipinski definition) is 1. The molecule has 7 nitrogen and oxygen atoms in total. The van der Waals surface area contributed by atoms with Crippen molar-refractivity contribution in [2.45, 2.75) is 30.7 Å². The fraction of sp³-hybridized carbons (Fsp3) is 0.179. The Bertz CT molecular complexity index is 1770. The average molecular weight is 525 g/mol. The van der Waals surface area contributed by atoms with Gasteiger partial charge in [0, 0.05) is 23.7 Å². The number of amides is 1. The molecule has 9 heteroatoms. The van der Waals surface area contributed by atoms with Gasteiger partial charge in [0.1, 0.15) is 10.5 Å². The van der Waals surface area contributed by atoms with E-state index in [4.69, 9.17) is 9.97 Å². The molecule has 6 aromatic rings. The molecule has 1 unspecified atom stereocenters. The van der Waals surface area contributed by atoms with Gasteiger partial charge in [-0.25, -0.2) is 9.97 Å². The van der Waals surface area contributed by atoms with Gasteiger partial charge in [-0.15, -0.1) is 21.5 Å². The number of carbonyl (C=O) groups excluding carboxylic acids is 1. The smallest absolute Gasteiger partial charge is 0.237 e. The maximum Gasteiger partial charge on any atom is 0.237 e. The molecule has 0 aliphatic carbocycles. The molecule has 0 saturated carbocycles. The van der Waals surface area contributed by atoms with E-state index in [0.717, 1.165) is 43.8 Å². The van der Waals surface area contributed by atoms with Gasteiger partial charge in [-0.3, -0.25) is 4.79 Å². The van der Waals surface area contributed by atoms with E-state index >= 15 is 0 Å². The summed E-state index contributed by atoms with van der Waals surface area (Å²) < 4.78 is 3.19. The molecule has 0 bridgehead atoms. The van der Waals surface area contributed by atoms with Gasteiger partial charge in [0.15, 0.2) is 5.65 Å². The number of hydrogen-bond acceptors (Lipinski definition) is 7. The Kier molecular flexibility index (Phi) is 6.10. The van der Waals surface area contributed by atoms with E-state index in [1.54, 1.807) is 11.3 Å². The van der Waals surface area contributed by atoms with Gasteiger partial charge in [0.2, 0.25) is 11.1 Å². The Morgan fingerprint density at radius 3 is 2.68 bits per heavy atom. The number of thiazole rings is 1. The largest absolute Gasteiger partial charge is 0.327 e. The van der Waals surface area contributed by atoms with Crippen LogP contribution in [-0.4, -0.2) is 35.9 Å². The highest BCUT2D eigenvalue weighted by Crippen LogP contribution is 2.32. The molecule has 6 rings (SSSR count). The van der Waals surface area contributed by atoms with E-state index in [2.05, 4.69) is 40.6 Å². The summed E-state index contributed by atoms with van der Waals surface area (Å²) >= 11 is 3.01. The van der Waals surface area contributed by atoms with Crippen molar-refractivity contribution in [3.63, 3.8) is 0 Å². The molecular formula is C28H24N6OS2. The Morgan fingerprint density at radius 2 is 1.86 bits per heavy atom. The molecule has 0 spiro atoms. The van der Waals surface area contributed by atoms with Crippen molar-refractivity contribution in [3.8, 4) is 10.6 Å². The molecule has 1 N–H and O–H groups in total. The lowest BCUT2D eigenvalue weighted by Gasteiger charge is -2.14. The standard InChI is InChI=1S/C28H24N6OS2/c1-4-22(37-28-31-25-24(32-33-28)19-7-5-6-8-21(19)34(25)3)26(35)29-18-12-10-17(11-13-18)27-30-20-14-9-16(2)15-23(20)36-27/h5-15,22H,4H2,1-3H3,(H,29,35). The first-order valence-electron chi connectivity index (χ1n) is 12.0. The van der Waals surface area contributed by atoms with E-state index in [0.29, 0.717) is 11.6 Å². The molecule has 3 aromatic heterocycles. The number of carbonyl (C=O) groups is 1. The van der Waals surface area contributed by atoms with E-state index in [1.165, 1.54) is 22.0 Å². The predicted octanol–water partition coefficient (Wildman–Crippen LogP) is 6.61. The Labute approximate surface area is 222 Å². The summed E-state index contributed by atoms with van der Waals surface area (Å²) in [6, 6.07) is 22.2. The lowest BCUT2D eigenvalue weighted by Crippen LogP contribution is -2.24. The second-order valence-electron chi connectivity index (χ2n) is 8.91. The second-order valence-corrected chi connectivity index (χ2v) is 11.1. The highest BCUT2D eigenvalue weighted by atomic mass is 32.2. The van der Waals surface area contributed by atoms with E-state index < -0.39 is 0 Å². The highest BCUT2D eigenvalue weighted by molar-refractivity contribution is 8.00. The minimum absolute atomic E-state index is 0.0866. The summed E-state index contributed by atoms with van der Waals surface area (Å²) in [6.45, 7) is 4.07. The predicted molar refractivity (Wildman–Crippen MR) is 152 cm³/mol. The minimum Gasteiger partial charge on any atom is -0.327 e. The summed E-state index contributed by atoms with van der Waals surface area (Å²) in [5.41, 5.74) is 6.58. The first-order chi connectivity index (χ1) is 18.0. The fourth-order valence-corrected chi connectivity index (χ4v) is 6.25. The molecule has 184 valence electrons. The summed E-state index contributed by atoms with van der Waals surface area (Å²) in [4.78, 5) is 22.6. The van der Waals surface area contributed by atoms with Crippen molar-refractivity contribution in [2.24, 2.45) is 7.05 Å². The van der Waals surface area contributed by atoms with Crippen LogP contribution >= 0.6 is 23.1 Å². The van der Waals surface area contributed by atoms with Crippen LogP contribution in [0.1, 0.15) is 18.9 Å². The zero-order chi connectivity index (χ0) is 25.5. The number of nitrogens with zero attached hydrogens (tertiary/aromatic N) is 5. The van der Waals surface area contributed by atoms with Crippen LogP contribution in [0, 0.1) is 6.92 Å². The molecular weight excluding hydrogens is 500 g/mol. The Balaban J connectivity index is 1.18. The number of nitrogens with one attached hydrogen (secondary N) is 1. The summed E-state index contributed by atoms with van der Waals surface area (Å²) in [5.74, 6) is -0.0866. The zero-order valence-electron chi connectivity index (χ0n) is 20.6. The van der Waals surface area contributed by atoms with Crippen molar-refractivity contribution in [1.29, 1.82) is 0 Å². The molecule has 1 atom stereocenters. The molecule has 37 heavy (non-hydrogen) atoms. The first kappa shape index (κ1) is 23.6.